The van der Waals surface area contributed by atoms with Crippen molar-refractivity contribution in [3.8, 4) is 5.75 Å². The van der Waals surface area contributed by atoms with E-state index in [0.717, 1.165) is 4.68 Å². The van der Waals surface area contributed by atoms with Gasteiger partial charge < -0.3 is 14.8 Å². The van der Waals surface area contributed by atoms with Gasteiger partial charge in [0.15, 0.2) is 0 Å². The molecule has 3 aromatic rings. The van der Waals surface area contributed by atoms with Crippen molar-refractivity contribution in [3.05, 3.63) is 64.6 Å². The van der Waals surface area contributed by atoms with Crippen LogP contribution in [-0.4, -0.2) is 35.9 Å². The second kappa shape index (κ2) is 8.34. The number of nitrogens with zero attached hydrogens (tertiary/aromatic N) is 2. The Kier molecular flexibility index (Phi) is 5.69. The maximum Gasteiger partial charge on any atom is 0.311 e. The summed E-state index contributed by atoms with van der Waals surface area (Å²) in [4.78, 5) is 36.9. The monoisotopic (exact) mass is 381 g/mol. The Morgan fingerprint density at radius 1 is 1.04 bits per heavy atom. The summed E-state index contributed by atoms with van der Waals surface area (Å²) in [7, 11) is 2.78. The molecule has 0 fully saturated rings. The van der Waals surface area contributed by atoms with Crippen LogP contribution in [0, 0.1) is 0 Å². The Morgan fingerprint density at radius 3 is 2.43 bits per heavy atom. The molecule has 0 aliphatic carbocycles. The Morgan fingerprint density at radius 2 is 1.71 bits per heavy atom. The lowest BCUT2D eigenvalue weighted by Gasteiger charge is -2.12. The van der Waals surface area contributed by atoms with Gasteiger partial charge in [-0.3, -0.25) is 14.4 Å². The Bertz CT molecular complexity index is 1090. The number of amides is 1. The lowest BCUT2D eigenvalue weighted by atomic mass is 10.1. The van der Waals surface area contributed by atoms with Crippen molar-refractivity contribution in [1.29, 1.82) is 0 Å². The zero-order chi connectivity index (χ0) is 20.1. The largest absolute Gasteiger partial charge is 0.495 e. The van der Waals surface area contributed by atoms with E-state index in [0.29, 0.717) is 27.9 Å². The number of aromatic nitrogens is 2. The molecule has 28 heavy (non-hydrogen) atoms. The fourth-order valence-corrected chi connectivity index (χ4v) is 2.83. The molecule has 3 rings (SSSR count). The van der Waals surface area contributed by atoms with E-state index < -0.39 is 17.4 Å². The molecular weight excluding hydrogens is 362 g/mol. The summed E-state index contributed by atoms with van der Waals surface area (Å²) in [5.74, 6) is -0.430. The minimum Gasteiger partial charge on any atom is -0.495 e. The number of para-hydroxylation sites is 2. The molecule has 0 atom stereocenters. The van der Waals surface area contributed by atoms with Gasteiger partial charge in [-0.15, -0.1) is 0 Å². The number of rotatable bonds is 6. The van der Waals surface area contributed by atoms with Gasteiger partial charge in [-0.05, 0) is 18.2 Å². The Hall–Kier alpha value is -3.68. The average Bonchev–Trinajstić information content (AvgIpc) is 2.71. The highest BCUT2D eigenvalue weighted by Crippen LogP contribution is 2.23. The molecule has 0 spiro atoms. The molecule has 8 nitrogen and oxygen atoms in total. The molecule has 0 saturated carbocycles. The van der Waals surface area contributed by atoms with E-state index in [1.165, 1.54) is 14.2 Å². The van der Waals surface area contributed by atoms with E-state index in [1.54, 1.807) is 48.5 Å². The normalized spacial score (nSPS) is 10.5. The fraction of sp³-hybridized carbons (Fsp3) is 0.200. The standard InChI is InChI=1S/C20H19N3O5/c1-27-17-10-6-5-9-15(17)21-18(24)12-23-20(26)14-8-4-3-7-13(14)16(22-23)11-19(25)28-2/h3-10H,11-12H2,1-2H3,(H,21,24). The van der Waals surface area contributed by atoms with Crippen molar-refractivity contribution >= 4 is 28.3 Å². The van der Waals surface area contributed by atoms with Gasteiger partial charge >= 0.3 is 5.97 Å². The van der Waals surface area contributed by atoms with Crippen LogP contribution >= 0.6 is 0 Å². The first-order valence-electron chi connectivity index (χ1n) is 8.52. The number of methoxy groups -OCH3 is 2. The van der Waals surface area contributed by atoms with E-state index in [9.17, 15) is 14.4 Å². The van der Waals surface area contributed by atoms with Crippen molar-refractivity contribution in [2.24, 2.45) is 0 Å². The molecule has 1 heterocycles. The minimum absolute atomic E-state index is 0.106. The summed E-state index contributed by atoms with van der Waals surface area (Å²) in [5, 5.41) is 7.86. The molecule has 0 aliphatic heterocycles. The van der Waals surface area contributed by atoms with Crippen LogP contribution < -0.4 is 15.6 Å². The van der Waals surface area contributed by atoms with Crippen molar-refractivity contribution < 1.29 is 19.1 Å². The van der Waals surface area contributed by atoms with Gasteiger partial charge in [0.1, 0.15) is 12.3 Å². The first kappa shape index (κ1) is 19.1. The van der Waals surface area contributed by atoms with Gasteiger partial charge in [0.2, 0.25) is 5.91 Å². The number of esters is 1. The van der Waals surface area contributed by atoms with Gasteiger partial charge in [0.05, 0.1) is 37.4 Å². The lowest BCUT2D eigenvalue weighted by Crippen LogP contribution is -2.31. The predicted molar refractivity (Wildman–Crippen MR) is 103 cm³/mol. The van der Waals surface area contributed by atoms with Crippen LogP contribution in [0.25, 0.3) is 10.8 Å². The van der Waals surface area contributed by atoms with Gasteiger partial charge in [-0.2, -0.15) is 5.10 Å². The molecule has 1 amide bonds. The highest BCUT2D eigenvalue weighted by Gasteiger charge is 2.16. The van der Waals surface area contributed by atoms with E-state index in [-0.39, 0.29) is 13.0 Å². The fourth-order valence-electron chi connectivity index (χ4n) is 2.83. The lowest BCUT2D eigenvalue weighted by molar-refractivity contribution is -0.139. The topological polar surface area (TPSA) is 99.5 Å². The molecule has 0 radical (unpaired) electrons. The van der Waals surface area contributed by atoms with Crippen LogP contribution in [0.3, 0.4) is 0 Å². The second-order valence-electron chi connectivity index (χ2n) is 5.96. The summed E-state index contributed by atoms with van der Waals surface area (Å²) in [6, 6.07) is 13.8. The molecular formula is C20H19N3O5. The molecule has 1 aromatic heterocycles. The minimum atomic E-state index is -0.485. The Labute approximate surface area is 160 Å². The van der Waals surface area contributed by atoms with Crippen molar-refractivity contribution in [3.63, 3.8) is 0 Å². The first-order valence-corrected chi connectivity index (χ1v) is 8.52. The summed E-state index contributed by atoms with van der Waals surface area (Å²) in [5.41, 5.74) is 0.435. The van der Waals surface area contributed by atoms with Crippen LogP contribution in [0.2, 0.25) is 0 Å². The van der Waals surface area contributed by atoms with Crippen molar-refractivity contribution in [2.75, 3.05) is 19.5 Å². The van der Waals surface area contributed by atoms with Crippen molar-refractivity contribution in [2.45, 2.75) is 13.0 Å². The molecule has 2 aromatic carbocycles. The molecule has 0 bridgehead atoms. The van der Waals surface area contributed by atoms with Crippen LogP contribution in [0.15, 0.2) is 53.3 Å². The third kappa shape index (κ3) is 4.01. The zero-order valence-electron chi connectivity index (χ0n) is 15.5. The molecule has 0 aliphatic rings. The van der Waals surface area contributed by atoms with E-state index in [1.807, 2.05) is 0 Å². The molecule has 144 valence electrons. The van der Waals surface area contributed by atoms with Crippen LogP contribution in [0.5, 0.6) is 5.75 Å². The first-order chi connectivity index (χ1) is 13.5. The number of carbonyl (C=O) groups excluding carboxylic acids is 2. The highest BCUT2D eigenvalue weighted by molar-refractivity contribution is 5.92. The second-order valence-corrected chi connectivity index (χ2v) is 5.96. The summed E-state index contributed by atoms with van der Waals surface area (Å²) >= 11 is 0. The number of carbonyl (C=O) groups is 2. The summed E-state index contributed by atoms with van der Waals surface area (Å²) < 4.78 is 10.9. The number of hydrogen-bond donors (Lipinski definition) is 1. The average molecular weight is 381 g/mol. The number of hydrogen-bond acceptors (Lipinski definition) is 6. The third-order valence-corrected chi connectivity index (χ3v) is 4.16. The SMILES string of the molecule is COC(=O)Cc1nn(CC(=O)Nc2ccccc2OC)c(=O)c2ccccc12. The van der Waals surface area contributed by atoms with Crippen molar-refractivity contribution in [1.82, 2.24) is 9.78 Å². The molecule has 0 unspecified atom stereocenters. The number of benzene rings is 2. The van der Waals surface area contributed by atoms with E-state index >= 15 is 0 Å². The van der Waals surface area contributed by atoms with Crippen LogP contribution in [0.4, 0.5) is 5.69 Å². The number of nitrogens with one attached hydrogen (secondary N) is 1. The maximum absolute atomic E-state index is 12.7. The van der Waals surface area contributed by atoms with E-state index in [2.05, 4.69) is 10.4 Å². The van der Waals surface area contributed by atoms with Crippen LogP contribution in [-0.2, 0) is 27.3 Å². The maximum atomic E-state index is 12.7. The number of ether oxygens (including phenoxy) is 2. The Balaban J connectivity index is 1.94. The number of anilines is 1. The summed E-state index contributed by atoms with van der Waals surface area (Å²) in [6.07, 6.45) is -0.106. The molecule has 0 saturated heterocycles. The highest BCUT2D eigenvalue weighted by atomic mass is 16.5. The molecule has 8 heteroatoms. The smallest absolute Gasteiger partial charge is 0.311 e. The molecule has 1 N–H and O–H groups in total. The third-order valence-electron chi connectivity index (χ3n) is 4.16. The predicted octanol–water partition coefficient (Wildman–Crippen LogP) is 1.76. The summed E-state index contributed by atoms with van der Waals surface area (Å²) in [6.45, 7) is -0.310. The zero-order valence-corrected chi connectivity index (χ0v) is 15.5. The van der Waals surface area contributed by atoms with Crippen LogP contribution in [0.1, 0.15) is 5.69 Å². The van der Waals surface area contributed by atoms with Gasteiger partial charge in [-0.25, -0.2) is 4.68 Å². The van der Waals surface area contributed by atoms with Gasteiger partial charge in [0.25, 0.3) is 5.56 Å². The van der Waals surface area contributed by atoms with Gasteiger partial charge in [0, 0.05) is 5.39 Å². The number of fused-ring (bicyclic) bond motifs is 1. The van der Waals surface area contributed by atoms with Gasteiger partial charge in [-0.1, -0.05) is 30.3 Å². The van der Waals surface area contributed by atoms with E-state index in [4.69, 9.17) is 9.47 Å². The quantitative estimate of drug-likeness (QED) is 0.653.